The van der Waals surface area contributed by atoms with Crippen LogP contribution in [-0.2, 0) is 11.2 Å². The molecule has 3 nitrogen and oxygen atoms in total. The van der Waals surface area contributed by atoms with Gasteiger partial charge in [0.05, 0.1) is 14.2 Å². The summed E-state index contributed by atoms with van der Waals surface area (Å²) in [4.78, 5) is 11.5. The van der Waals surface area contributed by atoms with Gasteiger partial charge in [-0.1, -0.05) is 12.7 Å². The molecular weight excluding hydrogens is 252 g/mol. The molecule has 1 aromatic carbocycles. The number of methoxy groups -OCH3 is 2. The largest absolute Gasteiger partial charge is 0.497 e. The lowest BCUT2D eigenvalue weighted by Gasteiger charge is -2.22. The Kier molecular flexibility index (Phi) is 4.61. The Morgan fingerprint density at radius 1 is 1.25 bits per heavy atom. The first-order valence-corrected chi connectivity index (χ1v) is 6.75. The summed E-state index contributed by atoms with van der Waals surface area (Å²) in [5.74, 6) is 2.10. The first kappa shape index (κ1) is 14.4. The minimum atomic E-state index is 0.194. The van der Waals surface area contributed by atoms with Crippen molar-refractivity contribution >= 4 is 5.78 Å². The van der Waals surface area contributed by atoms with Crippen molar-refractivity contribution in [3.8, 4) is 11.5 Å². The van der Waals surface area contributed by atoms with Crippen LogP contribution in [0.25, 0.3) is 0 Å². The molecule has 0 fully saturated rings. The fraction of sp³-hybridized carbons (Fsp3) is 0.353. The lowest BCUT2D eigenvalue weighted by Crippen LogP contribution is -2.15. The Morgan fingerprint density at radius 2 is 1.90 bits per heavy atom. The molecule has 2 rings (SSSR count). The summed E-state index contributed by atoms with van der Waals surface area (Å²) in [6, 6.07) is 5.89. The number of allylic oxidation sites excluding steroid dienone is 3. The van der Waals surface area contributed by atoms with Gasteiger partial charge in [0.2, 0.25) is 0 Å². The van der Waals surface area contributed by atoms with E-state index in [9.17, 15) is 4.79 Å². The maximum Gasteiger partial charge on any atom is 0.155 e. The van der Waals surface area contributed by atoms with Crippen molar-refractivity contribution in [1.82, 2.24) is 0 Å². The predicted molar refractivity (Wildman–Crippen MR) is 79.3 cm³/mol. The molecule has 1 aliphatic carbocycles. The zero-order chi connectivity index (χ0) is 14.5. The summed E-state index contributed by atoms with van der Waals surface area (Å²) in [5.41, 5.74) is 2.18. The third-order valence-electron chi connectivity index (χ3n) is 3.67. The van der Waals surface area contributed by atoms with E-state index in [4.69, 9.17) is 9.47 Å². The molecular formula is C17H20O3. The molecule has 0 radical (unpaired) electrons. The summed E-state index contributed by atoms with van der Waals surface area (Å²) in [6.07, 6.45) is 5.86. The summed E-state index contributed by atoms with van der Waals surface area (Å²) >= 11 is 0. The first-order valence-electron chi connectivity index (χ1n) is 6.75. The second-order valence-electron chi connectivity index (χ2n) is 4.98. The molecule has 3 heteroatoms. The van der Waals surface area contributed by atoms with Crippen LogP contribution in [-0.4, -0.2) is 20.0 Å². The fourth-order valence-corrected chi connectivity index (χ4v) is 2.57. The van der Waals surface area contributed by atoms with Crippen molar-refractivity contribution in [3.05, 3.63) is 48.1 Å². The van der Waals surface area contributed by atoms with Gasteiger partial charge in [0, 0.05) is 12.5 Å². The molecule has 1 aliphatic rings. The molecule has 0 bridgehead atoms. The third kappa shape index (κ3) is 3.29. The highest BCUT2D eigenvalue weighted by atomic mass is 16.5. The molecule has 1 atom stereocenters. The monoisotopic (exact) mass is 272 g/mol. The van der Waals surface area contributed by atoms with E-state index in [1.54, 1.807) is 26.4 Å². The average molecular weight is 272 g/mol. The van der Waals surface area contributed by atoms with Crippen LogP contribution in [0.4, 0.5) is 0 Å². The second kappa shape index (κ2) is 6.42. The van der Waals surface area contributed by atoms with Gasteiger partial charge >= 0.3 is 0 Å². The van der Waals surface area contributed by atoms with Crippen LogP contribution >= 0.6 is 0 Å². The van der Waals surface area contributed by atoms with Gasteiger partial charge in [0.15, 0.2) is 5.78 Å². The number of benzene rings is 1. The predicted octanol–water partition coefficient (Wildman–Crippen LogP) is 3.34. The molecule has 0 saturated heterocycles. The van der Waals surface area contributed by atoms with E-state index in [0.29, 0.717) is 12.3 Å². The summed E-state index contributed by atoms with van der Waals surface area (Å²) in [6.45, 7) is 3.81. The van der Waals surface area contributed by atoms with Crippen LogP contribution in [0.3, 0.4) is 0 Å². The minimum absolute atomic E-state index is 0.194. The summed E-state index contributed by atoms with van der Waals surface area (Å²) < 4.78 is 10.6. The Hall–Kier alpha value is -2.03. The highest BCUT2D eigenvalue weighted by Gasteiger charge is 2.20. The van der Waals surface area contributed by atoms with Crippen LogP contribution in [0.2, 0.25) is 0 Å². The zero-order valence-corrected chi connectivity index (χ0v) is 12.0. The summed E-state index contributed by atoms with van der Waals surface area (Å²) in [7, 11) is 3.29. The van der Waals surface area contributed by atoms with Crippen molar-refractivity contribution in [2.75, 3.05) is 14.2 Å². The van der Waals surface area contributed by atoms with Gasteiger partial charge in [0.25, 0.3) is 0 Å². The standard InChI is InChI=1S/C17H20O3/c1-4-13-10-15(18)6-5-14(13)7-12-8-16(19-2)11-17(9-12)20-3/h4,8-11,14H,1,5-7H2,2-3H3. The van der Waals surface area contributed by atoms with Crippen molar-refractivity contribution < 1.29 is 14.3 Å². The molecule has 0 aromatic heterocycles. The maximum absolute atomic E-state index is 11.5. The minimum Gasteiger partial charge on any atom is -0.497 e. The Balaban J connectivity index is 2.23. The van der Waals surface area contributed by atoms with E-state index < -0.39 is 0 Å². The Labute approximate surface area is 119 Å². The van der Waals surface area contributed by atoms with Gasteiger partial charge in [-0.3, -0.25) is 4.79 Å². The molecule has 1 unspecified atom stereocenters. The Morgan fingerprint density at radius 3 is 2.45 bits per heavy atom. The van der Waals surface area contributed by atoms with Crippen molar-refractivity contribution in [2.45, 2.75) is 19.3 Å². The van der Waals surface area contributed by atoms with E-state index >= 15 is 0 Å². The van der Waals surface area contributed by atoms with Crippen LogP contribution in [0.1, 0.15) is 18.4 Å². The second-order valence-corrected chi connectivity index (χ2v) is 4.98. The van der Waals surface area contributed by atoms with Gasteiger partial charge < -0.3 is 9.47 Å². The first-order chi connectivity index (χ1) is 9.66. The fourth-order valence-electron chi connectivity index (χ4n) is 2.57. The highest BCUT2D eigenvalue weighted by molar-refractivity contribution is 5.91. The molecule has 0 amide bonds. The van der Waals surface area contributed by atoms with E-state index in [1.165, 1.54) is 0 Å². The molecule has 20 heavy (non-hydrogen) atoms. The average Bonchev–Trinajstić information content (AvgIpc) is 2.48. The quantitative estimate of drug-likeness (QED) is 0.824. The highest BCUT2D eigenvalue weighted by Crippen LogP contribution is 2.30. The van der Waals surface area contributed by atoms with E-state index in [0.717, 1.165) is 35.5 Å². The molecule has 1 aromatic rings. The van der Waals surface area contributed by atoms with Crippen LogP contribution in [0.15, 0.2) is 42.5 Å². The number of carbonyl (C=O) groups excluding carboxylic acids is 1. The lowest BCUT2D eigenvalue weighted by atomic mass is 9.83. The Bertz CT molecular complexity index is 521. The van der Waals surface area contributed by atoms with Crippen LogP contribution < -0.4 is 9.47 Å². The van der Waals surface area contributed by atoms with Gasteiger partial charge in [-0.15, -0.1) is 0 Å². The van der Waals surface area contributed by atoms with E-state index in [-0.39, 0.29) is 5.78 Å². The van der Waals surface area contributed by atoms with Gasteiger partial charge in [0.1, 0.15) is 11.5 Å². The number of rotatable bonds is 5. The topological polar surface area (TPSA) is 35.5 Å². The van der Waals surface area contributed by atoms with Crippen LogP contribution in [0.5, 0.6) is 11.5 Å². The van der Waals surface area contributed by atoms with Crippen molar-refractivity contribution in [2.24, 2.45) is 5.92 Å². The number of hydrogen-bond donors (Lipinski definition) is 0. The number of ketones is 1. The van der Waals surface area contributed by atoms with Crippen molar-refractivity contribution in [3.63, 3.8) is 0 Å². The molecule has 0 N–H and O–H groups in total. The smallest absolute Gasteiger partial charge is 0.155 e. The van der Waals surface area contributed by atoms with Gasteiger partial charge in [-0.2, -0.15) is 0 Å². The normalized spacial score (nSPS) is 18.4. The van der Waals surface area contributed by atoms with Crippen LogP contribution in [0, 0.1) is 5.92 Å². The molecule has 0 saturated carbocycles. The molecule has 0 spiro atoms. The van der Waals surface area contributed by atoms with Crippen molar-refractivity contribution in [1.29, 1.82) is 0 Å². The third-order valence-corrected chi connectivity index (χ3v) is 3.67. The van der Waals surface area contributed by atoms with Gasteiger partial charge in [-0.25, -0.2) is 0 Å². The lowest BCUT2D eigenvalue weighted by molar-refractivity contribution is -0.115. The number of hydrogen-bond acceptors (Lipinski definition) is 3. The zero-order valence-electron chi connectivity index (χ0n) is 12.0. The SMILES string of the molecule is C=CC1=CC(=O)CCC1Cc1cc(OC)cc(OC)c1. The van der Waals surface area contributed by atoms with E-state index in [2.05, 4.69) is 6.58 Å². The maximum atomic E-state index is 11.5. The molecule has 0 heterocycles. The summed E-state index contributed by atoms with van der Waals surface area (Å²) in [5, 5.41) is 0. The van der Waals surface area contributed by atoms with Gasteiger partial charge in [-0.05, 0) is 48.1 Å². The molecule has 106 valence electrons. The van der Waals surface area contributed by atoms with E-state index in [1.807, 2.05) is 18.2 Å². The number of ether oxygens (including phenoxy) is 2. The number of carbonyl (C=O) groups is 1. The molecule has 0 aliphatic heterocycles.